The number of carbonyl (C=O) groups excluding carboxylic acids is 1. The van der Waals surface area contributed by atoms with Gasteiger partial charge in [-0.3, -0.25) is 4.79 Å². The third-order valence-electron chi connectivity index (χ3n) is 4.57. The molecule has 0 saturated carbocycles. The highest BCUT2D eigenvalue weighted by molar-refractivity contribution is 5.93. The fourth-order valence-corrected chi connectivity index (χ4v) is 3.01. The lowest BCUT2D eigenvalue weighted by Gasteiger charge is -2.17. The molecule has 140 valence electrons. The van der Waals surface area contributed by atoms with Crippen LogP contribution in [0.1, 0.15) is 47.3 Å². The normalized spacial score (nSPS) is 12.0. The number of hydrogen-bond acceptors (Lipinski definition) is 3. The number of nitrogens with zero attached hydrogens (tertiary/aromatic N) is 1. The van der Waals surface area contributed by atoms with Crippen molar-refractivity contribution >= 4 is 5.91 Å². The van der Waals surface area contributed by atoms with Crippen LogP contribution in [-0.4, -0.2) is 17.6 Å². The van der Waals surface area contributed by atoms with Gasteiger partial charge in [0.1, 0.15) is 5.82 Å². The molecule has 0 radical (unpaired) electrons. The lowest BCUT2D eigenvalue weighted by Crippen LogP contribution is -2.28. The molecule has 2 aromatic carbocycles. The summed E-state index contributed by atoms with van der Waals surface area (Å²) in [6, 6.07) is 15.9. The second-order valence-electron chi connectivity index (χ2n) is 6.69. The summed E-state index contributed by atoms with van der Waals surface area (Å²) < 4.78 is 18.5. The van der Waals surface area contributed by atoms with Gasteiger partial charge in [-0.05, 0) is 31.0 Å². The van der Waals surface area contributed by atoms with Gasteiger partial charge in [-0.1, -0.05) is 60.5 Å². The van der Waals surface area contributed by atoms with E-state index in [1.807, 2.05) is 31.2 Å². The van der Waals surface area contributed by atoms with Crippen LogP contribution in [0.5, 0.6) is 0 Å². The first-order chi connectivity index (χ1) is 13.1. The summed E-state index contributed by atoms with van der Waals surface area (Å²) in [7, 11) is 0. The quantitative estimate of drug-likeness (QED) is 0.633. The molecule has 0 aliphatic rings. The molecule has 0 saturated heterocycles. The number of amides is 1. The van der Waals surface area contributed by atoms with Crippen molar-refractivity contribution in [1.82, 2.24) is 10.5 Å². The summed E-state index contributed by atoms with van der Waals surface area (Å²) in [6.45, 7) is 4.56. The smallest absolute Gasteiger partial charge is 0.273 e. The second-order valence-corrected chi connectivity index (χ2v) is 6.69. The van der Waals surface area contributed by atoms with Crippen LogP contribution in [0.2, 0.25) is 0 Å². The highest BCUT2D eigenvalue weighted by Crippen LogP contribution is 2.22. The van der Waals surface area contributed by atoms with Gasteiger partial charge >= 0.3 is 0 Å². The van der Waals surface area contributed by atoms with Crippen molar-refractivity contribution in [2.75, 3.05) is 6.54 Å². The molecule has 1 atom stereocenters. The average Bonchev–Trinajstić information content (AvgIpc) is 3.16. The van der Waals surface area contributed by atoms with Gasteiger partial charge in [0, 0.05) is 24.1 Å². The average molecular weight is 366 g/mol. The number of halogens is 1. The minimum absolute atomic E-state index is 0.128. The molecule has 4 nitrogen and oxygen atoms in total. The molecule has 0 bridgehead atoms. The lowest BCUT2D eigenvalue weighted by molar-refractivity contribution is 0.0941. The Morgan fingerprint density at radius 2 is 1.85 bits per heavy atom. The van der Waals surface area contributed by atoms with Gasteiger partial charge in [0.2, 0.25) is 0 Å². The molecule has 0 unspecified atom stereocenters. The Morgan fingerprint density at radius 3 is 2.52 bits per heavy atom. The first-order valence-corrected chi connectivity index (χ1v) is 9.14. The first kappa shape index (κ1) is 18.8. The molecule has 1 aromatic heterocycles. The van der Waals surface area contributed by atoms with Crippen molar-refractivity contribution < 1.29 is 13.7 Å². The van der Waals surface area contributed by atoms with Gasteiger partial charge in [-0.25, -0.2) is 4.39 Å². The predicted molar refractivity (Wildman–Crippen MR) is 103 cm³/mol. The zero-order chi connectivity index (χ0) is 19.2. The fourth-order valence-electron chi connectivity index (χ4n) is 3.01. The van der Waals surface area contributed by atoms with Crippen molar-refractivity contribution in [3.05, 3.63) is 77.2 Å². The number of rotatable bonds is 7. The molecule has 5 heteroatoms. The van der Waals surface area contributed by atoms with E-state index in [9.17, 15) is 9.18 Å². The Labute approximate surface area is 158 Å². The zero-order valence-corrected chi connectivity index (χ0v) is 15.5. The van der Waals surface area contributed by atoms with Crippen molar-refractivity contribution in [1.29, 1.82) is 0 Å². The van der Waals surface area contributed by atoms with Gasteiger partial charge in [-0.15, -0.1) is 0 Å². The van der Waals surface area contributed by atoms with Crippen LogP contribution >= 0.6 is 0 Å². The maximum Gasteiger partial charge on any atom is 0.273 e. The summed E-state index contributed by atoms with van der Waals surface area (Å²) >= 11 is 0. The molecule has 3 rings (SSSR count). The molecule has 0 aliphatic heterocycles. The third kappa shape index (κ3) is 4.82. The van der Waals surface area contributed by atoms with Crippen LogP contribution in [0.25, 0.3) is 11.3 Å². The number of nitrogens with one attached hydrogen (secondary N) is 1. The fraction of sp³-hybridized carbons (Fsp3) is 0.273. The molecule has 27 heavy (non-hydrogen) atoms. The standard InChI is InChI=1S/C22H23FN2O2/c1-3-4-18(16-9-11-19(23)12-10-16)14-24-22(26)20-13-21(27-25-20)17-7-5-15(2)6-8-17/h5-13,18H,3-4,14H2,1-2H3,(H,24,26)/t18-/m0/s1. The van der Waals surface area contributed by atoms with Crippen LogP contribution in [-0.2, 0) is 0 Å². The maximum atomic E-state index is 13.1. The molecule has 0 aliphatic carbocycles. The van der Waals surface area contributed by atoms with E-state index in [2.05, 4.69) is 17.4 Å². The van der Waals surface area contributed by atoms with E-state index in [0.29, 0.717) is 12.3 Å². The van der Waals surface area contributed by atoms with Gasteiger partial charge in [-0.2, -0.15) is 0 Å². The Bertz CT molecular complexity index is 885. The summed E-state index contributed by atoms with van der Waals surface area (Å²) in [5, 5.41) is 6.80. The number of carbonyl (C=O) groups is 1. The Balaban J connectivity index is 1.65. The van der Waals surface area contributed by atoms with Crippen LogP contribution in [0.15, 0.2) is 59.1 Å². The highest BCUT2D eigenvalue weighted by Gasteiger charge is 2.17. The molecule has 1 N–H and O–H groups in total. The van der Waals surface area contributed by atoms with E-state index in [1.54, 1.807) is 18.2 Å². The molecular weight excluding hydrogens is 343 g/mol. The minimum atomic E-state index is -0.277. The van der Waals surface area contributed by atoms with Crippen molar-refractivity contribution in [2.24, 2.45) is 0 Å². The Hall–Kier alpha value is -2.95. The third-order valence-corrected chi connectivity index (χ3v) is 4.57. The Kier molecular flexibility index (Phi) is 6.01. The van der Waals surface area contributed by atoms with Crippen molar-refractivity contribution in [2.45, 2.75) is 32.6 Å². The molecule has 3 aromatic rings. The number of benzene rings is 2. The van der Waals surface area contributed by atoms with Gasteiger partial charge in [0.25, 0.3) is 5.91 Å². The monoisotopic (exact) mass is 366 g/mol. The summed E-state index contributed by atoms with van der Waals surface area (Å²) in [5.41, 5.74) is 3.29. The van der Waals surface area contributed by atoms with Gasteiger partial charge in [0.05, 0.1) is 0 Å². The van der Waals surface area contributed by atoms with E-state index in [1.165, 1.54) is 12.1 Å². The molecular formula is C22H23FN2O2. The van der Waals surface area contributed by atoms with E-state index in [0.717, 1.165) is 29.5 Å². The van der Waals surface area contributed by atoms with E-state index >= 15 is 0 Å². The van der Waals surface area contributed by atoms with E-state index in [4.69, 9.17) is 4.52 Å². The van der Waals surface area contributed by atoms with Crippen LogP contribution in [0, 0.1) is 12.7 Å². The van der Waals surface area contributed by atoms with Crippen molar-refractivity contribution in [3.8, 4) is 11.3 Å². The Morgan fingerprint density at radius 1 is 1.15 bits per heavy atom. The van der Waals surface area contributed by atoms with Crippen LogP contribution in [0.3, 0.4) is 0 Å². The second kappa shape index (κ2) is 8.62. The van der Waals surface area contributed by atoms with E-state index in [-0.39, 0.29) is 23.3 Å². The van der Waals surface area contributed by atoms with E-state index < -0.39 is 0 Å². The van der Waals surface area contributed by atoms with Gasteiger partial charge < -0.3 is 9.84 Å². The van der Waals surface area contributed by atoms with Crippen molar-refractivity contribution in [3.63, 3.8) is 0 Å². The molecule has 1 heterocycles. The van der Waals surface area contributed by atoms with Crippen LogP contribution < -0.4 is 5.32 Å². The minimum Gasteiger partial charge on any atom is -0.355 e. The largest absolute Gasteiger partial charge is 0.355 e. The lowest BCUT2D eigenvalue weighted by atomic mass is 9.94. The van der Waals surface area contributed by atoms with Gasteiger partial charge in [0.15, 0.2) is 11.5 Å². The molecule has 1 amide bonds. The highest BCUT2D eigenvalue weighted by atomic mass is 19.1. The number of aryl methyl sites for hydroxylation is 1. The number of aromatic nitrogens is 1. The number of hydrogen-bond donors (Lipinski definition) is 1. The predicted octanol–water partition coefficient (Wildman–Crippen LogP) is 5.10. The summed E-state index contributed by atoms with van der Waals surface area (Å²) in [6.07, 6.45) is 1.87. The van der Waals surface area contributed by atoms with Crippen LogP contribution in [0.4, 0.5) is 4.39 Å². The topological polar surface area (TPSA) is 55.1 Å². The zero-order valence-electron chi connectivity index (χ0n) is 15.5. The summed E-state index contributed by atoms with van der Waals surface area (Å²) in [5.74, 6) is 0.149. The SMILES string of the molecule is CCC[C@@H](CNC(=O)c1cc(-c2ccc(C)cc2)on1)c1ccc(F)cc1. The molecule has 0 fully saturated rings. The maximum absolute atomic E-state index is 13.1. The summed E-state index contributed by atoms with van der Waals surface area (Å²) in [4.78, 5) is 12.4. The first-order valence-electron chi connectivity index (χ1n) is 9.14. The molecule has 0 spiro atoms.